The maximum absolute atomic E-state index is 4.33. The second kappa shape index (κ2) is 3.98. The topological polar surface area (TPSA) is 17.3 Å². The Bertz CT molecular complexity index is 703. The highest BCUT2D eigenvalue weighted by molar-refractivity contribution is 5.67. The molecule has 0 bridgehead atoms. The number of pyridine rings is 1. The van der Waals surface area contributed by atoms with Gasteiger partial charge < -0.3 is 4.40 Å². The largest absolute Gasteiger partial charge is 0.303 e. The maximum atomic E-state index is 4.33. The molecule has 0 saturated carbocycles. The number of hydrogen-bond donors (Lipinski definition) is 0. The summed E-state index contributed by atoms with van der Waals surface area (Å²) in [7, 11) is 0. The van der Waals surface area contributed by atoms with Crippen molar-refractivity contribution in [2.75, 3.05) is 0 Å². The molecule has 90 valence electrons. The Hall–Kier alpha value is -2.09. The molecule has 0 saturated heterocycles. The van der Waals surface area contributed by atoms with Gasteiger partial charge in [0.2, 0.25) is 0 Å². The van der Waals surface area contributed by atoms with Crippen molar-refractivity contribution in [1.29, 1.82) is 0 Å². The lowest BCUT2D eigenvalue weighted by molar-refractivity contribution is 1.05. The van der Waals surface area contributed by atoms with Crippen LogP contribution >= 0.6 is 0 Å². The maximum Gasteiger partial charge on any atom is 0.110 e. The molecule has 0 unspecified atom stereocenters. The van der Waals surface area contributed by atoms with Crippen LogP contribution in [0.25, 0.3) is 16.6 Å². The monoisotopic (exact) mass is 236 g/mol. The smallest absolute Gasteiger partial charge is 0.110 e. The Morgan fingerprint density at radius 1 is 0.889 bits per heavy atom. The van der Waals surface area contributed by atoms with Gasteiger partial charge in [-0.3, -0.25) is 0 Å². The van der Waals surface area contributed by atoms with E-state index in [1.54, 1.807) is 0 Å². The first kappa shape index (κ1) is 11.0. The van der Waals surface area contributed by atoms with E-state index in [1.165, 1.54) is 22.3 Å². The van der Waals surface area contributed by atoms with E-state index in [-0.39, 0.29) is 0 Å². The molecule has 0 aliphatic carbocycles. The molecule has 2 nitrogen and oxygen atoms in total. The van der Waals surface area contributed by atoms with Gasteiger partial charge in [-0.25, -0.2) is 4.98 Å². The van der Waals surface area contributed by atoms with E-state index < -0.39 is 0 Å². The normalized spacial score (nSPS) is 11.1. The molecular weight excluding hydrogens is 220 g/mol. The number of imidazole rings is 1. The van der Waals surface area contributed by atoms with E-state index in [2.05, 4.69) is 59.8 Å². The molecule has 1 aromatic carbocycles. The predicted molar refractivity (Wildman–Crippen MR) is 74.8 cm³/mol. The summed E-state index contributed by atoms with van der Waals surface area (Å²) in [4.78, 5) is 4.33. The van der Waals surface area contributed by atoms with Crippen molar-refractivity contribution in [3.8, 4) is 11.1 Å². The summed E-state index contributed by atoms with van der Waals surface area (Å²) in [6, 6.07) is 10.9. The van der Waals surface area contributed by atoms with Gasteiger partial charge in [-0.15, -0.1) is 0 Å². The Balaban J connectivity index is 2.21. The van der Waals surface area contributed by atoms with Gasteiger partial charge >= 0.3 is 0 Å². The first-order chi connectivity index (χ1) is 8.63. The highest BCUT2D eigenvalue weighted by Crippen LogP contribution is 2.23. The van der Waals surface area contributed by atoms with E-state index in [0.717, 1.165) is 11.3 Å². The second-order valence-electron chi connectivity index (χ2n) is 4.89. The Labute approximate surface area is 107 Å². The lowest BCUT2D eigenvalue weighted by Gasteiger charge is -2.06. The Kier molecular flexibility index (Phi) is 2.44. The molecule has 0 amide bonds. The number of aryl methyl sites for hydroxylation is 3. The van der Waals surface area contributed by atoms with E-state index >= 15 is 0 Å². The van der Waals surface area contributed by atoms with Crippen LogP contribution in [0.4, 0.5) is 0 Å². The van der Waals surface area contributed by atoms with Gasteiger partial charge in [-0.05, 0) is 38.0 Å². The first-order valence-electron chi connectivity index (χ1n) is 6.16. The summed E-state index contributed by atoms with van der Waals surface area (Å²) in [6.45, 7) is 6.30. The quantitative estimate of drug-likeness (QED) is 0.626. The number of rotatable bonds is 1. The molecule has 0 radical (unpaired) electrons. The number of fused-ring (bicyclic) bond motifs is 1. The third-order valence-corrected chi connectivity index (χ3v) is 3.27. The van der Waals surface area contributed by atoms with Gasteiger partial charge in [-0.1, -0.05) is 35.4 Å². The molecule has 18 heavy (non-hydrogen) atoms. The van der Waals surface area contributed by atoms with Gasteiger partial charge in [0.1, 0.15) is 5.82 Å². The van der Waals surface area contributed by atoms with Crippen molar-refractivity contribution in [2.45, 2.75) is 20.8 Å². The van der Waals surface area contributed by atoms with Crippen LogP contribution in [0.5, 0.6) is 0 Å². The molecule has 0 spiro atoms. The summed E-state index contributed by atoms with van der Waals surface area (Å²) < 4.78 is 2.13. The van der Waals surface area contributed by atoms with Gasteiger partial charge in [0, 0.05) is 6.20 Å². The molecule has 0 atom stereocenters. The minimum absolute atomic E-state index is 1.02. The first-order valence-corrected chi connectivity index (χ1v) is 6.16. The summed E-state index contributed by atoms with van der Waals surface area (Å²) in [5, 5.41) is 0. The van der Waals surface area contributed by atoms with Crippen molar-refractivity contribution in [3.63, 3.8) is 0 Å². The Morgan fingerprint density at radius 3 is 2.33 bits per heavy atom. The zero-order valence-corrected chi connectivity index (χ0v) is 10.9. The highest BCUT2D eigenvalue weighted by Gasteiger charge is 2.03. The number of hydrogen-bond acceptors (Lipinski definition) is 1. The lowest BCUT2D eigenvalue weighted by atomic mass is 10.0. The van der Waals surface area contributed by atoms with Gasteiger partial charge in [0.25, 0.3) is 0 Å². The molecule has 0 fully saturated rings. The van der Waals surface area contributed by atoms with Crippen LogP contribution < -0.4 is 0 Å². The highest BCUT2D eigenvalue weighted by atomic mass is 15.0. The predicted octanol–water partition coefficient (Wildman–Crippen LogP) is 3.93. The van der Waals surface area contributed by atoms with E-state index in [1.807, 2.05) is 13.1 Å². The minimum atomic E-state index is 1.02. The Morgan fingerprint density at radius 2 is 1.61 bits per heavy atom. The average molecular weight is 236 g/mol. The van der Waals surface area contributed by atoms with Crippen molar-refractivity contribution in [3.05, 3.63) is 59.7 Å². The van der Waals surface area contributed by atoms with Crippen molar-refractivity contribution >= 4 is 5.52 Å². The number of benzene rings is 1. The van der Waals surface area contributed by atoms with Crippen LogP contribution in [-0.2, 0) is 0 Å². The zero-order valence-electron chi connectivity index (χ0n) is 10.9. The molecule has 0 aliphatic rings. The third-order valence-electron chi connectivity index (χ3n) is 3.27. The minimum Gasteiger partial charge on any atom is -0.303 e. The van der Waals surface area contributed by atoms with Gasteiger partial charge in [-0.2, -0.15) is 0 Å². The number of aromatic nitrogens is 2. The van der Waals surface area contributed by atoms with E-state index in [9.17, 15) is 0 Å². The molecule has 3 aromatic rings. The van der Waals surface area contributed by atoms with Crippen LogP contribution in [-0.4, -0.2) is 9.38 Å². The summed E-state index contributed by atoms with van der Waals surface area (Å²) >= 11 is 0. The van der Waals surface area contributed by atoms with Crippen molar-refractivity contribution in [2.24, 2.45) is 0 Å². The SMILES string of the molecule is Cc1cc(C)cc(-c2ccc3cnc(C)n3c2)c1. The standard InChI is InChI=1S/C16H16N2/c1-11-6-12(2)8-15(7-11)14-4-5-16-9-17-13(3)18(16)10-14/h4-10H,1-3H3. The van der Waals surface area contributed by atoms with E-state index in [0.29, 0.717) is 0 Å². The van der Waals surface area contributed by atoms with Crippen LogP contribution in [0.2, 0.25) is 0 Å². The molecule has 0 N–H and O–H groups in total. The lowest BCUT2D eigenvalue weighted by Crippen LogP contribution is -1.90. The molecule has 2 aromatic heterocycles. The van der Waals surface area contributed by atoms with Crippen LogP contribution in [0, 0.1) is 20.8 Å². The fourth-order valence-corrected chi connectivity index (χ4v) is 2.43. The van der Waals surface area contributed by atoms with Crippen molar-refractivity contribution in [1.82, 2.24) is 9.38 Å². The number of nitrogens with zero attached hydrogens (tertiary/aromatic N) is 2. The van der Waals surface area contributed by atoms with Crippen LogP contribution in [0.3, 0.4) is 0 Å². The molecule has 0 aliphatic heterocycles. The third kappa shape index (κ3) is 1.80. The summed E-state index contributed by atoms with van der Waals surface area (Å²) in [6.07, 6.45) is 4.06. The summed E-state index contributed by atoms with van der Waals surface area (Å²) in [5.41, 5.74) is 6.23. The molecular formula is C16H16N2. The zero-order chi connectivity index (χ0) is 12.7. The molecule has 3 rings (SSSR count). The average Bonchev–Trinajstić information content (AvgIpc) is 2.69. The molecule has 2 heterocycles. The fraction of sp³-hybridized carbons (Fsp3) is 0.188. The molecule has 2 heteroatoms. The van der Waals surface area contributed by atoms with E-state index in [4.69, 9.17) is 0 Å². The second-order valence-corrected chi connectivity index (χ2v) is 4.89. The summed E-state index contributed by atoms with van der Waals surface area (Å²) in [5.74, 6) is 1.02. The van der Waals surface area contributed by atoms with Crippen LogP contribution in [0.1, 0.15) is 17.0 Å². The van der Waals surface area contributed by atoms with Crippen LogP contribution in [0.15, 0.2) is 42.7 Å². The van der Waals surface area contributed by atoms with Gasteiger partial charge in [0.05, 0.1) is 11.7 Å². The fourth-order valence-electron chi connectivity index (χ4n) is 2.43. The van der Waals surface area contributed by atoms with Gasteiger partial charge in [0.15, 0.2) is 0 Å². The van der Waals surface area contributed by atoms with Crippen molar-refractivity contribution < 1.29 is 0 Å².